The molecule has 0 saturated carbocycles. The second kappa shape index (κ2) is 4.09. The van der Waals surface area contributed by atoms with E-state index in [4.69, 9.17) is 10.7 Å². The van der Waals surface area contributed by atoms with Gasteiger partial charge in [0.25, 0.3) is 0 Å². The molecule has 20 heavy (non-hydrogen) atoms. The predicted molar refractivity (Wildman–Crippen MR) is 84.4 cm³/mol. The minimum atomic E-state index is 0.794. The van der Waals surface area contributed by atoms with Crippen LogP contribution in [-0.4, -0.2) is 9.38 Å². The number of rotatable bonds is 1. The molecule has 102 valence electrons. The highest BCUT2D eigenvalue weighted by molar-refractivity contribution is 7.17. The standard InChI is InChI=1S/C16H17N3S/c1-9-6-7-11(8-10(9)2)14-15(17)19-12-4-3-5-13(12)20-16(19)18-14/h6-8H,3-5,17H2,1-2H3. The lowest BCUT2D eigenvalue weighted by Gasteiger charge is -2.04. The lowest BCUT2D eigenvalue weighted by molar-refractivity contribution is 0.890. The van der Waals surface area contributed by atoms with Crippen LogP contribution in [0.5, 0.6) is 0 Å². The summed E-state index contributed by atoms with van der Waals surface area (Å²) in [4.78, 5) is 7.28. The number of hydrogen-bond donors (Lipinski definition) is 1. The van der Waals surface area contributed by atoms with Gasteiger partial charge in [0, 0.05) is 16.1 Å². The Labute approximate surface area is 122 Å². The van der Waals surface area contributed by atoms with Gasteiger partial charge in [-0.15, -0.1) is 11.3 Å². The van der Waals surface area contributed by atoms with Crippen LogP contribution in [0, 0.1) is 13.8 Å². The maximum Gasteiger partial charge on any atom is 0.196 e. The highest BCUT2D eigenvalue weighted by atomic mass is 32.1. The van der Waals surface area contributed by atoms with Crippen molar-refractivity contribution in [1.82, 2.24) is 9.38 Å². The monoisotopic (exact) mass is 283 g/mol. The summed E-state index contributed by atoms with van der Waals surface area (Å²) in [5.41, 5.74) is 12.4. The molecule has 0 fully saturated rings. The number of nitrogens with zero attached hydrogens (tertiary/aromatic N) is 2. The summed E-state index contributed by atoms with van der Waals surface area (Å²) in [6.07, 6.45) is 3.55. The Morgan fingerprint density at radius 1 is 1.20 bits per heavy atom. The minimum absolute atomic E-state index is 0.794. The van der Waals surface area contributed by atoms with Gasteiger partial charge in [-0.05, 0) is 50.3 Å². The number of hydrogen-bond acceptors (Lipinski definition) is 3. The summed E-state index contributed by atoms with van der Waals surface area (Å²) >= 11 is 1.80. The van der Waals surface area contributed by atoms with Crippen molar-refractivity contribution in [1.29, 1.82) is 0 Å². The third-order valence-electron chi connectivity index (χ3n) is 4.29. The summed E-state index contributed by atoms with van der Waals surface area (Å²) in [7, 11) is 0. The van der Waals surface area contributed by atoms with E-state index in [2.05, 4.69) is 36.4 Å². The van der Waals surface area contributed by atoms with E-state index in [0.717, 1.165) is 28.5 Å². The summed E-state index contributed by atoms with van der Waals surface area (Å²) in [6.45, 7) is 4.26. The number of benzene rings is 1. The van der Waals surface area contributed by atoms with E-state index in [-0.39, 0.29) is 0 Å². The number of aryl methyl sites for hydroxylation is 4. The molecular weight excluding hydrogens is 266 g/mol. The molecule has 2 heterocycles. The van der Waals surface area contributed by atoms with Gasteiger partial charge in [0.05, 0.1) is 0 Å². The fraction of sp³-hybridized carbons (Fsp3) is 0.312. The Morgan fingerprint density at radius 2 is 2.05 bits per heavy atom. The molecule has 0 aliphatic heterocycles. The molecule has 1 aliphatic carbocycles. The van der Waals surface area contributed by atoms with E-state index < -0.39 is 0 Å². The van der Waals surface area contributed by atoms with E-state index in [0.29, 0.717) is 0 Å². The first-order chi connectivity index (χ1) is 9.65. The van der Waals surface area contributed by atoms with Gasteiger partial charge >= 0.3 is 0 Å². The number of thiazole rings is 1. The fourth-order valence-corrected chi connectivity index (χ4v) is 4.21. The SMILES string of the molecule is Cc1ccc(-c2nc3sc4c(n3c2N)CCC4)cc1C. The van der Waals surface area contributed by atoms with Crippen molar-refractivity contribution in [3.63, 3.8) is 0 Å². The molecule has 2 aromatic heterocycles. The van der Waals surface area contributed by atoms with Gasteiger partial charge < -0.3 is 5.73 Å². The second-order valence-corrected chi connectivity index (χ2v) is 6.65. The largest absolute Gasteiger partial charge is 0.383 e. The first-order valence-corrected chi connectivity index (χ1v) is 7.83. The number of aromatic nitrogens is 2. The van der Waals surface area contributed by atoms with Crippen molar-refractivity contribution in [2.24, 2.45) is 0 Å². The number of imidazole rings is 1. The molecule has 1 aliphatic rings. The van der Waals surface area contributed by atoms with Crippen LogP contribution < -0.4 is 5.73 Å². The lowest BCUT2D eigenvalue weighted by atomic mass is 10.0. The van der Waals surface area contributed by atoms with Gasteiger partial charge in [0.2, 0.25) is 0 Å². The van der Waals surface area contributed by atoms with Crippen molar-refractivity contribution < 1.29 is 0 Å². The van der Waals surface area contributed by atoms with Crippen LogP contribution in [0.15, 0.2) is 18.2 Å². The van der Waals surface area contributed by atoms with Gasteiger partial charge in [-0.1, -0.05) is 12.1 Å². The number of nitrogens with two attached hydrogens (primary N) is 1. The molecule has 4 rings (SSSR count). The first-order valence-electron chi connectivity index (χ1n) is 7.01. The topological polar surface area (TPSA) is 43.3 Å². The lowest BCUT2D eigenvalue weighted by Crippen LogP contribution is -1.97. The van der Waals surface area contributed by atoms with Crippen LogP contribution in [0.3, 0.4) is 0 Å². The fourth-order valence-electron chi connectivity index (χ4n) is 3.00. The number of anilines is 1. The third-order valence-corrected chi connectivity index (χ3v) is 5.43. The van der Waals surface area contributed by atoms with E-state index in [1.54, 1.807) is 11.3 Å². The minimum Gasteiger partial charge on any atom is -0.383 e. The maximum absolute atomic E-state index is 6.38. The first kappa shape index (κ1) is 12.0. The normalized spacial score (nSPS) is 14.1. The molecule has 2 N–H and O–H groups in total. The van der Waals surface area contributed by atoms with Crippen molar-refractivity contribution in [2.45, 2.75) is 33.1 Å². The molecule has 0 radical (unpaired) electrons. The summed E-state index contributed by atoms with van der Waals surface area (Å²) < 4.78 is 2.16. The van der Waals surface area contributed by atoms with Crippen LogP contribution in [0.25, 0.3) is 16.2 Å². The van der Waals surface area contributed by atoms with Crippen LogP contribution in [0.1, 0.15) is 28.1 Å². The Bertz CT molecular complexity index is 826. The molecule has 0 unspecified atom stereocenters. The van der Waals surface area contributed by atoms with E-state index in [1.165, 1.54) is 34.5 Å². The molecule has 1 aromatic carbocycles. The molecular formula is C16H17N3S. The van der Waals surface area contributed by atoms with Crippen LogP contribution in [0.4, 0.5) is 5.82 Å². The van der Waals surface area contributed by atoms with Gasteiger partial charge in [-0.2, -0.15) is 0 Å². The Morgan fingerprint density at radius 3 is 2.85 bits per heavy atom. The molecule has 0 atom stereocenters. The molecule has 4 heteroatoms. The van der Waals surface area contributed by atoms with Gasteiger partial charge in [0.15, 0.2) is 4.96 Å². The zero-order valence-electron chi connectivity index (χ0n) is 11.7. The maximum atomic E-state index is 6.38. The van der Waals surface area contributed by atoms with E-state index in [1.807, 2.05) is 0 Å². The summed E-state index contributed by atoms with van der Waals surface area (Å²) in [6, 6.07) is 6.44. The smallest absolute Gasteiger partial charge is 0.196 e. The van der Waals surface area contributed by atoms with Crippen LogP contribution >= 0.6 is 11.3 Å². The van der Waals surface area contributed by atoms with Crippen LogP contribution in [-0.2, 0) is 12.8 Å². The van der Waals surface area contributed by atoms with Crippen LogP contribution in [0.2, 0.25) is 0 Å². The van der Waals surface area contributed by atoms with Crippen molar-refractivity contribution in [3.05, 3.63) is 39.9 Å². The average molecular weight is 283 g/mol. The van der Waals surface area contributed by atoms with Crippen molar-refractivity contribution >= 4 is 22.1 Å². The van der Waals surface area contributed by atoms with E-state index in [9.17, 15) is 0 Å². The molecule has 3 nitrogen and oxygen atoms in total. The zero-order valence-corrected chi connectivity index (χ0v) is 12.5. The Kier molecular flexibility index (Phi) is 2.45. The molecule has 3 aromatic rings. The third kappa shape index (κ3) is 1.54. The van der Waals surface area contributed by atoms with E-state index >= 15 is 0 Å². The number of nitrogen functional groups attached to an aromatic ring is 1. The highest BCUT2D eigenvalue weighted by Gasteiger charge is 2.22. The quantitative estimate of drug-likeness (QED) is 0.739. The highest BCUT2D eigenvalue weighted by Crippen LogP contribution is 2.37. The molecule has 0 amide bonds. The second-order valence-electron chi connectivity index (χ2n) is 5.59. The Balaban J connectivity index is 1.94. The molecule has 0 saturated heterocycles. The van der Waals surface area contributed by atoms with Gasteiger partial charge in [-0.3, -0.25) is 4.40 Å². The number of fused-ring (bicyclic) bond motifs is 3. The molecule has 0 bridgehead atoms. The summed E-state index contributed by atoms with van der Waals surface area (Å²) in [5.74, 6) is 0.794. The predicted octanol–water partition coefficient (Wildman–Crippen LogP) is 3.75. The summed E-state index contributed by atoms with van der Waals surface area (Å²) in [5, 5.41) is 0. The van der Waals surface area contributed by atoms with Gasteiger partial charge in [-0.25, -0.2) is 4.98 Å². The Hall–Kier alpha value is -1.81. The molecule has 0 spiro atoms. The zero-order chi connectivity index (χ0) is 13.9. The van der Waals surface area contributed by atoms with Crippen molar-refractivity contribution in [2.75, 3.05) is 5.73 Å². The van der Waals surface area contributed by atoms with Gasteiger partial charge in [0.1, 0.15) is 11.5 Å². The van der Waals surface area contributed by atoms with Crippen molar-refractivity contribution in [3.8, 4) is 11.3 Å². The average Bonchev–Trinajstić information content (AvgIpc) is 3.05.